The summed E-state index contributed by atoms with van der Waals surface area (Å²) in [7, 11) is 0. The molecule has 0 spiro atoms. The number of carbonyl (C=O) groups excluding carboxylic acids is 1. The summed E-state index contributed by atoms with van der Waals surface area (Å²) in [6.45, 7) is 0. The van der Waals surface area contributed by atoms with Gasteiger partial charge < -0.3 is 0 Å². The molecule has 100 valence electrons. The van der Waals surface area contributed by atoms with Crippen LogP contribution in [0.3, 0.4) is 0 Å². The maximum atomic E-state index is 11.0. The summed E-state index contributed by atoms with van der Waals surface area (Å²) < 4.78 is 0. The van der Waals surface area contributed by atoms with Crippen LogP contribution in [0.2, 0.25) is 0 Å². The predicted octanol–water partition coefficient (Wildman–Crippen LogP) is 2.98. The van der Waals surface area contributed by atoms with Crippen LogP contribution < -0.4 is 0 Å². The average Bonchev–Trinajstić information content (AvgIpc) is 2.46. The first kappa shape index (κ1) is 13.3. The fourth-order valence-corrected chi connectivity index (χ4v) is 1.81. The summed E-state index contributed by atoms with van der Waals surface area (Å²) in [6, 6.07) is 9.64. The lowest BCUT2D eigenvalue weighted by Crippen LogP contribution is -1.95. The number of non-ortho nitro benzene ring substituents is 1. The zero-order chi connectivity index (χ0) is 14.7. The molecule has 0 bridgehead atoms. The van der Waals surface area contributed by atoms with E-state index >= 15 is 0 Å². The number of rotatable bonds is 4. The highest BCUT2D eigenvalue weighted by molar-refractivity contribution is 5.82. The lowest BCUT2D eigenvalue weighted by molar-refractivity contribution is -0.393. The third-order valence-electron chi connectivity index (χ3n) is 2.72. The molecule has 2 rings (SSSR count). The first-order valence-corrected chi connectivity index (χ1v) is 5.51. The monoisotopic (exact) mass is 272 g/mol. The van der Waals surface area contributed by atoms with Crippen LogP contribution in [0.1, 0.15) is 10.4 Å². The molecule has 0 heterocycles. The Balaban J connectivity index is 2.63. The fourth-order valence-electron chi connectivity index (χ4n) is 1.81. The molecule has 0 aliphatic carbocycles. The van der Waals surface area contributed by atoms with E-state index in [1.165, 1.54) is 18.2 Å². The van der Waals surface area contributed by atoms with Crippen LogP contribution in [0, 0.1) is 20.2 Å². The van der Waals surface area contributed by atoms with Gasteiger partial charge in [-0.15, -0.1) is 0 Å². The second-order valence-electron chi connectivity index (χ2n) is 3.96. The van der Waals surface area contributed by atoms with Gasteiger partial charge in [-0.2, -0.15) is 0 Å². The zero-order valence-corrected chi connectivity index (χ0v) is 10.1. The Morgan fingerprint density at radius 3 is 2.30 bits per heavy atom. The smallest absolute Gasteiger partial charge is 0.284 e. The van der Waals surface area contributed by atoms with Crippen molar-refractivity contribution in [2.75, 3.05) is 0 Å². The van der Waals surface area contributed by atoms with Crippen molar-refractivity contribution in [3.05, 3.63) is 68.3 Å². The van der Waals surface area contributed by atoms with E-state index < -0.39 is 9.85 Å². The number of benzene rings is 2. The highest BCUT2D eigenvalue weighted by atomic mass is 16.6. The number of aldehydes is 1. The van der Waals surface area contributed by atoms with Gasteiger partial charge in [0, 0.05) is 11.6 Å². The largest absolute Gasteiger partial charge is 0.298 e. The van der Waals surface area contributed by atoms with E-state index in [9.17, 15) is 25.0 Å². The number of carbonyl (C=O) groups is 1. The summed E-state index contributed by atoms with van der Waals surface area (Å²) in [5, 5.41) is 21.7. The molecular weight excluding hydrogens is 264 g/mol. The molecule has 0 N–H and O–H groups in total. The second kappa shape index (κ2) is 5.27. The molecule has 2 aromatic carbocycles. The quantitative estimate of drug-likeness (QED) is 0.483. The van der Waals surface area contributed by atoms with Gasteiger partial charge in [0.2, 0.25) is 0 Å². The minimum absolute atomic E-state index is 0.226. The topological polar surface area (TPSA) is 103 Å². The van der Waals surface area contributed by atoms with E-state index in [0.29, 0.717) is 17.4 Å². The average molecular weight is 272 g/mol. The van der Waals surface area contributed by atoms with Gasteiger partial charge in [0.1, 0.15) is 6.29 Å². The van der Waals surface area contributed by atoms with E-state index in [0.717, 1.165) is 6.07 Å². The van der Waals surface area contributed by atoms with Crippen molar-refractivity contribution in [2.45, 2.75) is 0 Å². The molecule has 0 amide bonds. The van der Waals surface area contributed by atoms with Gasteiger partial charge in [0.15, 0.2) is 0 Å². The molecule has 0 unspecified atom stereocenters. The Morgan fingerprint density at radius 1 is 0.950 bits per heavy atom. The minimum atomic E-state index is -0.696. The van der Waals surface area contributed by atoms with Gasteiger partial charge in [-0.05, 0) is 17.7 Å². The molecule has 0 fully saturated rings. The maximum Gasteiger partial charge on any atom is 0.284 e. The fraction of sp³-hybridized carbons (Fsp3) is 0. The number of hydrogen-bond donors (Lipinski definition) is 0. The van der Waals surface area contributed by atoms with E-state index in [1.807, 2.05) is 0 Å². The van der Waals surface area contributed by atoms with Crippen LogP contribution in [0.25, 0.3) is 11.1 Å². The van der Waals surface area contributed by atoms with E-state index in [4.69, 9.17) is 0 Å². The highest BCUT2D eigenvalue weighted by Gasteiger charge is 2.20. The summed E-state index contributed by atoms with van der Waals surface area (Å²) in [4.78, 5) is 31.0. The lowest BCUT2D eigenvalue weighted by Gasteiger charge is -2.04. The molecule has 0 aromatic heterocycles. The first-order chi connectivity index (χ1) is 9.52. The maximum absolute atomic E-state index is 11.0. The van der Waals surface area contributed by atoms with Crippen molar-refractivity contribution in [3.8, 4) is 11.1 Å². The van der Waals surface area contributed by atoms with E-state index in [1.54, 1.807) is 18.2 Å². The molecule has 0 radical (unpaired) electrons. The van der Waals surface area contributed by atoms with Crippen molar-refractivity contribution in [3.63, 3.8) is 0 Å². The van der Waals surface area contributed by atoms with Crippen LogP contribution in [0.5, 0.6) is 0 Å². The van der Waals surface area contributed by atoms with E-state index in [2.05, 4.69) is 0 Å². The minimum Gasteiger partial charge on any atom is -0.298 e. The Bertz CT molecular complexity index is 712. The predicted molar refractivity (Wildman–Crippen MR) is 70.6 cm³/mol. The molecule has 7 nitrogen and oxygen atoms in total. The summed E-state index contributed by atoms with van der Waals surface area (Å²) >= 11 is 0. The van der Waals surface area contributed by atoms with E-state index in [-0.39, 0.29) is 16.9 Å². The SMILES string of the molecule is O=Cc1cccc(-c2ccc([N+](=O)[O-])cc2[N+](=O)[O-])c1. The van der Waals surface area contributed by atoms with Crippen molar-refractivity contribution < 1.29 is 14.6 Å². The highest BCUT2D eigenvalue weighted by Crippen LogP contribution is 2.33. The number of nitrogens with zero attached hydrogens (tertiary/aromatic N) is 2. The molecule has 7 heteroatoms. The van der Waals surface area contributed by atoms with Crippen LogP contribution >= 0.6 is 0 Å². The molecule has 0 aliphatic heterocycles. The number of nitro groups is 2. The van der Waals surface area contributed by atoms with Crippen molar-refractivity contribution in [1.29, 1.82) is 0 Å². The molecule has 20 heavy (non-hydrogen) atoms. The van der Waals surface area contributed by atoms with Gasteiger partial charge in [-0.25, -0.2) is 0 Å². The third-order valence-corrected chi connectivity index (χ3v) is 2.72. The molecule has 0 saturated carbocycles. The first-order valence-electron chi connectivity index (χ1n) is 5.51. The van der Waals surface area contributed by atoms with Crippen molar-refractivity contribution in [1.82, 2.24) is 0 Å². The normalized spacial score (nSPS) is 10.0. The molecule has 0 saturated heterocycles. The van der Waals surface area contributed by atoms with Gasteiger partial charge in [-0.1, -0.05) is 18.2 Å². The third kappa shape index (κ3) is 2.51. The van der Waals surface area contributed by atoms with Crippen molar-refractivity contribution in [2.24, 2.45) is 0 Å². The second-order valence-corrected chi connectivity index (χ2v) is 3.96. The summed E-state index contributed by atoms with van der Waals surface area (Å²) in [5.41, 5.74) is 0.324. The van der Waals surface area contributed by atoms with Gasteiger partial charge in [0.25, 0.3) is 11.4 Å². The number of hydrogen-bond acceptors (Lipinski definition) is 5. The van der Waals surface area contributed by atoms with Crippen LogP contribution in [0.4, 0.5) is 11.4 Å². The molecule has 0 atom stereocenters. The van der Waals surface area contributed by atoms with Gasteiger partial charge in [0.05, 0.1) is 21.5 Å². The Morgan fingerprint density at radius 2 is 1.70 bits per heavy atom. The Labute approximate surface area is 112 Å². The van der Waals surface area contributed by atoms with Crippen LogP contribution in [-0.4, -0.2) is 16.1 Å². The summed E-state index contributed by atoms with van der Waals surface area (Å²) in [5.74, 6) is 0. The zero-order valence-electron chi connectivity index (χ0n) is 10.1. The van der Waals surface area contributed by atoms with Gasteiger partial charge >= 0.3 is 0 Å². The molecule has 0 aliphatic rings. The van der Waals surface area contributed by atoms with Gasteiger partial charge in [-0.3, -0.25) is 25.0 Å². The molecular formula is C13H8N2O5. The Hall–Kier alpha value is -3.09. The Kier molecular flexibility index (Phi) is 3.52. The van der Waals surface area contributed by atoms with Crippen LogP contribution in [-0.2, 0) is 0 Å². The summed E-state index contributed by atoms with van der Waals surface area (Å²) in [6.07, 6.45) is 0.626. The molecule has 2 aromatic rings. The van der Waals surface area contributed by atoms with Crippen LogP contribution in [0.15, 0.2) is 42.5 Å². The lowest BCUT2D eigenvalue weighted by atomic mass is 10.0. The standard InChI is InChI=1S/C13H8N2O5/c16-8-9-2-1-3-10(6-9)12-5-4-11(14(17)18)7-13(12)15(19)20/h1-8H. The number of nitro benzene ring substituents is 2. The van der Waals surface area contributed by atoms with Crippen molar-refractivity contribution >= 4 is 17.7 Å².